The number of ether oxygens (including phenoxy) is 2. The lowest BCUT2D eigenvalue weighted by Crippen LogP contribution is -2.52. The van der Waals surface area contributed by atoms with Crippen LogP contribution in [0.5, 0.6) is 11.5 Å². The van der Waals surface area contributed by atoms with Crippen LogP contribution in [0.15, 0.2) is 42.5 Å². The number of likely N-dealkylation sites (N-methyl/N-ethyl adjacent to an activating group) is 1. The van der Waals surface area contributed by atoms with Crippen molar-refractivity contribution in [1.82, 2.24) is 10.2 Å². The van der Waals surface area contributed by atoms with Crippen LogP contribution in [0.4, 0.5) is 5.69 Å². The largest absolute Gasteiger partial charge is 0.454 e. The van der Waals surface area contributed by atoms with Gasteiger partial charge in [0.1, 0.15) is 12.6 Å². The van der Waals surface area contributed by atoms with Gasteiger partial charge in [0, 0.05) is 19.2 Å². The highest BCUT2D eigenvalue weighted by Gasteiger charge is 2.32. The topological polar surface area (TPSA) is 105 Å². The van der Waals surface area contributed by atoms with Crippen molar-refractivity contribution in [2.75, 3.05) is 29.9 Å². The molecule has 1 aliphatic heterocycles. The fourth-order valence-electron chi connectivity index (χ4n) is 3.98. The zero-order valence-corrected chi connectivity index (χ0v) is 21.4. The number of nitrogens with one attached hydrogen (secondary N) is 1. The predicted octanol–water partition coefficient (Wildman–Crippen LogP) is 2.82. The molecule has 1 aliphatic rings. The molecule has 0 aromatic heterocycles. The van der Waals surface area contributed by atoms with Crippen molar-refractivity contribution in [2.24, 2.45) is 0 Å². The number of benzene rings is 2. The molecule has 1 N–H and O–H groups in total. The van der Waals surface area contributed by atoms with E-state index in [1.165, 1.54) is 11.8 Å². The number of amides is 2. The van der Waals surface area contributed by atoms with Crippen molar-refractivity contribution in [3.05, 3.63) is 53.6 Å². The van der Waals surface area contributed by atoms with Crippen LogP contribution in [0.3, 0.4) is 0 Å². The Bertz CT molecular complexity index is 1170. The standard InChI is InChI=1S/C25H33N3O6S/c1-5-21(25(30)26-6-2)27(15-19-10-8-9-18(4)13-19)24(29)16-28(35(31,32)7-3)20-11-12-22-23(14-20)34-17-33-22/h8-14,21H,5-7,15-17H2,1-4H3,(H,26,30). The van der Waals surface area contributed by atoms with Gasteiger partial charge >= 0.3 is 0 Å². The predicted molar refractivity (Wildman–Crippen MR) is 134 cm³/mol. The maximum atomic E-state index is 13.7. The lowest BCUT2D eigenvalue weighted by Gasteiger charge is -2.33. The molecule has 0 bridgehead atoms. The van der Waals surface area contributed by atoms with Crippen molar-refractivity contribution < 1.29 is 27.5 Å². The molecular weight excluding hydrogens is 470 g/mol. The van der Waals surface area contributed by atoms with Crippen LogP contribution in [0, 0.1) is 6.92 Å². The van der Waals surface area contributed by atoms with Crippen LogP contribution < -0.4 is 19.1 Å². The second-order valence-electron chi connectivity index (χ2n) is 8.27. The van der Waals surface area contributed by atoms with E-state index in [0.717, 1.165) is 15.4 Å². The quantitative estimate of drug-likeness (QED) is 0.506. The fraction of sp³-hybridized carbons (Fsp3) is 0.440. The van der Waals surface area contributed by atoms with Gasteiger partial charge in [0.15, 0.2) is 11.5 Å². The van der Waals surface area contributed by atoms with Crippen LogP contribution in [0.25, 0.3) is 0 Å². The third-order valence-corrected chi connectivity index (χ3v) is 7.54. The van der Waals surface area contributed by atoms with Crippen LogP contribution in [-0.4, -0.2) is 56.8 Å². The third-order valence-electron chi connectivity index (χ3n) is 5.80. The summed E-state index contributed by atoms with van der Waals surface area (Å²) < 4.78 is 37.9. The van der Waals surface area contributed by atoms with E-state index in [1.807, 2.05) is 45.0 Å². The van der Waals surface area contributed by atoms with Crippen molar-refractivity contribution in [3.8, 4) is 11.5 Å². The minimum Gasteiger partial charge on any atom is -0.454 e. The smallest absolute Gasteiger partial charge is 0.244 e. The Kier molecular flexibility index (Phi) is 8.61. The van der Waals surface area contributed by atoms with Crippen LogP contribution in [0.2, 0.25) is 0 Å². The molecular formula is C25H33N3O6S. The first kappa shape index (κ1) is 26.3. The summed E-state index contributed by atoms with van der Waals surface area (Å²) in [6, 6.07) is 11.7. The second kappa shape index (κ2) is 11.4. The third kappa shape index (κ3) is 6.25. The van der Waals surface area contributed by atoms with Crippen LogP contribution in [-0.2, 0) is 26.2 Å². The summed E-state index contributed by atoms with van der Waals surface area (Å²) in [5.74, 6) is -0.0164. The van der Waals surface area contributed by atoms with E-state index in [9.17, 15) is 18.0 Å². The van der Waals surface area contributed by atoms with E-state index in [0.29, 0.717) is 30.2 Å². The van der Waals surface area contributed by atoms with E-state index in [1.54, 1.807) is 18.2 Å². The molecule has 9 nitrogen and oxygen atoms in total. The summed E-state index contributed by atoms with van der Waals surface area (Å²) in [5.41, 5.74) is 2.18. The van der Waals surface area contributed by atoms with Crippen LogP contribution in [0.1, 0.15) is 38.3 Å². The Morgan fingerprint density at radius 1 is 1.06 bits per heavy atom. The number of rotatable bonds is 11. The lowest BCUT2D eigenvalue weighted by atomic mass is 10.1. The molecule has 2 aromatic carbocycles. The summed E-state index contributed by atoms with van der Waals surface area (Å²) >= 11 is 0. The molecule has 35 heavy (non-hydrogen) atoms. The molecule has 10 heteroatoms. The maximum absolute atomic E-state index is 13.7. The molecule has 1 unspecified atom stereocenters. The van der Waals surface area contributed by atoms with Crippen molar-refractivity contribution in [3.63, 3.8) is 0 Å². The molecule has 3 rings (SSSR count). The Hall–Kier alpha value is -3.27. The van der Waals surface area contributed by atoms with E-state index >= 15 is 0 Å². The van der Waals surface area contributed by atoms with Gasteiger partial charge in [-0.1, -0.05) is 36.8 Å². The highest BCUT2D eigenvalue weighted by Crippen LogP contribution is 2.36. The molecule has 0 saturated heterocycles. The Labute approximate surface area is 207 Å². The molecule has 2 amide bonds. The summed E-state index contributed by atoms with van der Waals surface area (Å²) in [6.07, 6.45) is 0.383. The number of carbonyl (C=O) groups excluding carboxylic acids is 2. The Balaban J connectivity index is 1.97. The molecule has 0 saturated carbocycles. The van der Waals surface area contributed by atoms with Crippen molar-refractivity contribution >= 4 is 27.5 Å². The van der Waals surface area contributed by atoms with Crippen molar-refractivity contribution in [1.29, 1.82) is 0 Å². The number of hydrogen-bond donors (Lipinski definition) is 1. The molecule has 0 radical (unpaired) electrons. The Morgan fingerprint density at radius 2 is 1.80 bits per heavy atom. The summed E-state index contributed by atoms with van der Waals surface area (Å²) in [5, 5.41) is 2.79. The monoisotopic (exact) mass is 503 g/mol. The van der Waals surface area contributed by atoms with Gasteiger partial charge in [-0.05, 0) is 44.9 Å². The average Bonchev–Trinajstić information content (AvgIpc) is 3.30. The zero-order valence-electron chi connectivity index (χ0n) is 20.6. The first-order chi connectivity index (χ1) is 16.7. The number of hydrogen-bond acceptors (Lipinski definition) is 6. The van der Waals surface area contributed by atoms with Gasteiger partial charge in [-0.2, -0.15) is 0 Å². The van der Waals surface area contributed by atoms with Gasteiger partial charge in [0.05, 0.1) is 11.4 Å². The van der Waals surface area contributed by atoms with E-state index < -0.39 is 28.5 Å². The normalized spacial score (nSPS) is 13.3. The maximum Gasteiger partial charge on any atom is 0.244 e. The average molecular weight is 504 g/mol. The van der Waals surface area contributed by atoms with E-state index in [2.05, 4.69) is 5.32 Å². The minimum absolute atomic E-state index is 0.0488. The molecule has 1 atom stereocenters. The van der Waals surface area contributed by atoms with Crippen LogP contribution >= 0.6 is 0 Å². The fourth-order valence-corrected chi connectivity index (χ4v) is 5.03. The highest BCUT2D eigenvalue weighted by molar-refractivity contribution is 7.92. The van der Waals surface area contributed by atoms with E-state index in [4.69, 9.17) is 9.47 Å². The first-order valence-corrected chi connectivity index (χ1v) is 13.3. The molecule has 1 heterocycles. The number of aryl methyl sites for hydroxylation is 1. The number of fused-ring (bicyclic) bond motifs is 1. The second-order valence-corrected chi connectivity index (χ2v) is 10.5. The molecule has 0 spiro atoms. The number of nitrogens with zero attached hydrogens (tertiary/aromatic N) is 2. The van der Waals surface area contributed by atoms with Gasteiger partial charge in [0.2, 0.25) is 28.6 Å². The molecule has 0 aliphatic carbocycles. The van der Waals surface area contributed by atoms with E-state index in [-0.39, 0.29) is 25.0 Å². The summed E-state index contributed by atoms with van der Waals surface area (Å²) in [4.78, 5) is 28.0. The van der Waals surface area contributed by atoms with Gasteiger partial charge < -0.3 is 19.7 Å². The van der Waals surface area contributed by atoms with Gasteiger partial charge in [-0.25, -0.2) is 8.42 Å². The summed E-state index contributed by atoms with van der Waals surface area (Å²) in [6.45, 7) is 7.32. The van der Waals surface area contributed by atoms with Gasteiger partial charge in [0.25, 0.3) is 0 Å². The number of sulfonamides is 1. The molecule has 190 valence electrons. The number of carbonyl (C=O) groups is 2. The van der Waals surface area contributed by atoms with Gasteiger partial charge in [-0.3, -0.25) is 13.9 Å². The number of anilines is 1. The SMILES string of the molecule is CCNC(=O)C(CC)N(Cc1cccc(C)c1)C(=O)CN(c1ccc2c(c1)OCO2)S(=O)(=O)CC. The summed E-state index contributed by atoms with van der Waals surface area (Å²) in [7, 11) is -3.81. The molecule has 0 fully saturated rings. The first-order valence-electron chi connectivity index (χ1n) is 11.7. The van der Waals surface area contributed by atoms with Gasteiger partial charge in [-0.15, -0.1) is 0 Å². The molecule has 2 aromatic rings. The lowest BCUT2D eigenvalue weighted by molar-refractivity contribution is -0.140. The van der Waals surface area contributed by atoms with Crippen molar-refractivity contribution in [2.45, 2.75) is 46.7 Å². The minimum atomic E-state index is -3.81. The highest BCUT2D eigenvalue weighted by atomic mass is 32.2. The Morgan fingerprint density at radius 3 is 2.46 bits per heavy atom. The zero-order chi connectivity index (χ0) is 25.6.